The molecule has 0 aliphatic heterocycles. The van der Waals surface area contributed by atoms with Gasteiger partial charge in [-0.3, -0.25) is 5.41 Å². The Morgan fingerprint density at radius 1 is 1.64 bits per heavy atom. The van der Waals surface area contributed by atoms with Crippen molar-refractivity contribution < 1.29 is 4.74 Å². The van der Waals surface area contributed by atoms with E-state index < -0.39 is 0 Å². The van der Waals surface area contributed by atoms with Crippen molar-refractivity contribution in [1.82, 2.24) is 0 Å². The normalized spacial score (nSPS) is 13.1. The number of methoxy groups -OCH3 is 1. The van der Waals surface area contributed by atoms with Crippen LogP contribution in [0.5, 0.6) is 0 Å². The third-order valence-electron chi connectivity index (χ3n) is 0.981. The third-order valence-corrected chi connectivity index (χ3v) is 1.85. The lowest BCUT2D eigenvalue weighted by Gasteiger charge is -2.00. The van der Waals surface area contributed by atoms with E-state index in [1.807, 2.05) is 13.0 Å². The van der Waals surface area contributed by atoms with Gasteiger partial charge in [0.1, 0.15) is 0 Å². The average Bonchev–Trinajstić information content (AvgIpc) is 1.99. The maximum atomic E-state index is 7.04. The minimum absolute atomic E-state index is 0.105. The first kappa shape index (κ1) is 10.7. The van der Waals surface area contributed by atoms with E-state index in [0.717, 1.165) is 4.48 Å². The molecule has 0 aliphatic carbocycles. The van der Waals surface area contributed by atoms with Gasteiger partial charge in [0.15, 0.2) is 10.9 Å². The molecule has 0 aromatic carbocycles. The van der Waals surface area contributed by atoms with Crippen LogP contribution < -0.4 is 0 Å². The summed E-state index contributed by atoms with van der Waals surface area (Å²) in [6.45, 7) is 1.87. The largest absolute Gasteiger partial charge is 0.494 e. The Bertz CT molecular complexity index is 210. The summed E-state index contributed by atoms with van der Waals surface area (Å²) in [5, 5.41) is 6.94. The average molecular weight is 239 g/mol. The number of ether oxygens (including phenoxy) is 1. The van der Waals surface area contributed by atoms with Gasteiger partial charge >= 0.3 is 0 Å². The Morgan fingerprint density at radius 2 is 2.18 bits per heavy atom. The summed E-state index contributed by atoms with van der Waals surface area (Å²) >= 11 is 8.62. The summed E-state index contributed by atoms with van der Waals surface area (Å²) in [4.78, 5) is 0. The van der Waals surface area contributed by atoms with Gasteiger partial charge in [0.2, 0.25) is 0 Å². The molecule has 0 spiro atoms. The molecule has 0 fully saturated rings. The molecule has 4 heteroatoms. The number of allylic oxidation sites excluding steroid dienone is 4. The van der Waals surface area contributed by atoms with Crippen molar-refractivity contribution in [3.05, 3.63) is 22.4 Å². The lowest BCUT2D eigenvalue weighted by molar-refractivity contribution is 0.316. The molecule has 0 unspecified atom stereocenters. The second-order valence-corrected chi connectivity index (χ2v) is 2.99. The van der Waals surface area contributed by atoms with E-state index in [0.29, 0.717) is 5.76 Å². The molecule has 1 N–H and O–H groups in total. The molecule has 2 nitrogen and oxygen atoms in total. The maximum absolute atomic E-state index is 7.04. The fourth-order valence-electron chi connectivity index (χ4n) is 0.420. The molecule has 0 rings (SSSR count). The summed E-state index contributed by atoms with van der Waals surface area (Å²) < 4.78 is 5.65. The molecule has 0 atom stereocenters. The Balaban J connectivity index is 4.49. The zero-order valence-electron chi connectivity index (χ0n) is 6.32. The van der Waals surface area contributed by atoms with Gasteiger partial charge in [-0.25, -0.2) is 0 Å². The topological polar surface area (TPSA) is 33.1 Å². The molecule has 0 heterocycles. The SMILES string of the molecule is C/C=C(Br)\C=C(\OC)C(=N)Cl. The van der Waals surface area contributed by atoms with Gasteiger partial charge in [-0.2, -0.15) is 0 Å². The molecule has 0 bridgehead atoms. The first-order valence-corrected chi connectivity index (χ1v) is 4.10. The fourth-order valence-corrected chi connectivity index (χ4v) is 0.760. The third kappa shape index (κ3) is 4.22. The van der Waals surface area contributed by atoms with Crippen molar-refractivity contribution in [2.45, 2.75) is 6.92 Å². The molecule has 0 aliphatic rings. The molecule has 0 aromatic rings. The van der Waals surface area contributed by atoms with E-state index in [4.69, 9.17) is 21.7 Å². The van der Waals surface area contributed by atoms with E-state index in [2.05, 4.69) is 15.9 Å². The monoisotopic (exact) mass is 237 g/mol. The van der Waals surface area contributed by atoms with Gasteiger partial charge in [0.05, 0.1) is 7.11 Å². The van der Waals surface area contributed by atoms with Crippen molar-refractivity contribution in [2.75, 3.05) is 7.11 Å². The van der Waals surface area contributed by atoms with Crippen molar-refractivity contribution in [3.8, 4) is 0 Å². The van der Waals surface area contributed by atoms with E-state index in [-0.39, 0.29) is 5.17 Å². The molecular weight excluding hydrogens is 229 g/mol. The predicted octanol–water partition coefficient (Wildman–Crippen LogP) is 3.03. The van der Waals surface area contributed by atoms with Crippen molar-refractivity contribution in [1.29, 1.82) is 5.41 Å². The van der Waals surface area contributed by atoms with Gasteiger partial charge in [-0.15, -0.1) is 0 Å². The van der Waals surface area contributed by atoms with E-state index in [1.54, 1.807) is 6.08 Å². The Labute approximate surface area is 79.5 Å². The van der Waals surface area contributed by atoms with Crippen LogP contribution >= 0.6 is 27.5 Å². The predicted molar refractivity (Wildman–Crippen MR) is 51.4 cm³/mol. The molecule has 0 amide bonds. The van der Waals surface area contributed by atoms with Crippen LogP contribution in [-0.2, 0) is 4.74 Å². The zero-order chi connectivity index (χ0) is 8.85. The standard InChI is InChI=1S/C7H9BrClNO/c1-3-5(8)4-6(11-2)7(9)10/h3-4,10H,1-2H3/b5-3+,6-4+,10-7?. The highest BCUT2D eigenvalue weighted by Gasteiger charge is 2.00. The lowest BCUT2D eigenvalue weighted by atomic mass is 10.4. The summed E-state index contributed by atoms with van der Waals surface area (Å²) in [6.07, 6.45) is 3.47. The maximum Gasteiger partial charge on any atom is 0.163 e. The van der Waals surface area contributed by atoms with Crippen LogP contribution in [0.4, 0.5) is 0 Å². The van der Waals surface area contributed by atoms with E-state index in [9.17, 15) is 0 Å². The number of hydrogen-bond acceptors (Lipinski definition) is 2. The number of halogens is 2. The molecule has 0 radical (unpaired) electrons. The molecule has 0 saturated heterocycles. The molecule has 62 valence electrons. The van der Waals surface area contributed by atoms with E-state index >= 15 is 0 Å². The Hall–Kier alpha value is -0.280. The number of nitrogens with one attached hydrogen (secondary N) is 1. The van der Waals surface area contributed by atoms with Gasteiger partial charge in [-0.05, 0) is 13.0 Å². The summed E-state index contributed by atoms with van der Waals surface area (Å²) in [7, 11) is 1.47. The van der Waals surface area contributed by atoms with E-state index in [1.165, 1.54) is 7.11 Å². The first-order chi connectivity index (χ1) is 5.11. The van der Waals surface area contributed by atoms with Gasteiger partial charge in [0, 0.05) is 4.48 Å². The highest BCUT2D eigenvalue weighted by Crippen LogP contribution is 2.12. The highest BCUT2D eigenvalue weighted by molar-refractivity contribution is 9.11. The quantitative estimate of drug-likeness (QED) is 0.458. The number of hydrogen-bond donors (Lipinski definition) is 1. The second-order valence-electron chi connectivity index (χ2n) is 1.70. The summed E-state index contributed by atoms with van der Waals surface area (Å²) in [5.41, 5.74) is 0. The summed E-state index contributed by atoms with van der Waals surface area (Å²) in [5.74, 6) is 0.344. The van der Waals surface area contributed by atoms with Crippen LogP contribution in [0.15, 0.2) is 22.4 Å². The Morgan fingerprint density at radius 3 is 2.45 bits per heavy atom. The Kier molecular flexibility index (Phi) is 5.24. The fraction of sp³-hybridized carbons (Fsp3) is 0.286. The van der Waals surface area contributed by atoms with Crippen molar-refractivity contribution >= 4 is 32.7 Å². The van der Waals surface area contributed by atoms with Crippen LogP contribution in [0.2, 0.25) is 0 Å². The van der Waals surface area contributed by atoms with Gasteiger partial charge in [-0.1, -0.05) is 33.6 Å². The van der Waals surface area contributed by atoms with Crippen LogP contribution in [0, 0.1) is 5.41 Å². The second kappa shape index (κ2) is 5.38. The minimum Gasteiger partial charge on any atom is -0.494 e. The van der Waals surface area contributed by atoms with Crippen LogP contribution in [0.25, 0.3) is 0 Å². The lowest BCUT2D eigenvalue weighted by Crippen LogP contribution is -1.94. The van der Waals surface area contributed by atoms with Crippen LogP contribution in [-0.4, -0.2) is 12.3 Å². The van der Waals surface area contributed by atoms with Crippen LogP contribution in [0.1, 0.15) is 6.92 Å². The molecular formula is C7H9BrClNO. The highest BCUT2D eigenvalue weighted by atomic mass is 79.9. The van der Waals surface area contributed by atoms with Gasteiger partial charge in [0.25, 0.3) is 0 Å². The zero-order valence-corrected chi connectivity index (χ0v) is 8.66. The minimum atomic E-state index is -0.105. The molecule has 0 aromatic heterocycles. The smallest absolute Gasteiger partial charge is 0.163 e. The number of rotatable bonds is 3. The molecule has 11 heavy (non-hydrogen) atoms. The van der Waals surface area contributed by atoms with Crippen molar-refractivity contribution in [3.63, 3.8) is 0 Å². The first-order valence-electron chi connectivity index (χ1n) is 2.93. The van der Waals surface area contributed by atoms with Crippen LogP contribution in [0.3, 0.4) is 0 Å². The summed E-state index contributed by atoms with van der Waals surface area (Å²) in [6, 6.07) is 0. The van der Waals surface area contributed by atoms with Gasteiger partial charge < -0.3 is 4.74 Å². The van der Waals surface area contributed by atoms with Crippen molar-refractivity contribution in [2.24, 2.45) is 0 Å². The molecule has 0 saturated carbocycles.